The lowest BCUT2D eigenvalue weighted by atomic mass is 10.1. The third-order valence-corrected chi connectivity index (χ3v) is 2.69. The largest absolute Gasteiger partial charge is 0.390 e. The molecule has 2 rings (SSSR count). The zero-order valence-corrected chi connectivity index (χ0v) is 11.0. The third kappa shape index (κ3) is 4.16. The second-order valence-electron chi connectivity index (χ2n) is 4.39. The monoisotopic (exact) mass is 274 g/mol. The Kier molecular flexibility index (Phi) is 4.82. The van der Waals surface area contributed by atoms with Crippen LogP contribution in [0.15, 0.2) is 53.7 Å². The van der Waals surface area contributed by atoms with Crippen molar-refractivity contribution in [1.29, 1.82) is 0 Å². The molecule has 0 aliphatic heterocycles. The van der Waals surface area contributed by atoms with Crippen molar-refractivity contribution < 1.29 is 13.6 Å². The van der Waals surface area contributed by atoms with E-state index in [9.17, 15) is 8.78 Å². The van der Waals surface area contributed by atoms with Gasteiger partial charge >= 0.3 is 0 Å². The molecule has 0 heterocycles. The van der Waals surface area contributed by atoms with E-state index in [0.29, 0.717) is 12.2 Å². The highest BCUT2D eigenvalue weighted by Gasteiger charge is 2.06. The molecule has 103 valence electrons. The molecule has 0 atom stereocenters. The summed E-state index contributed by atoms with van der Waals surface area (Å²) >= 11 is 0. The molecule has 20 heavy (non-hydrogen) atoms. The summed E-state index contributed by atoms with van der Waals surface area (Å²) in [6.45, 7) is 2.32. The quantitative estimate of drug-likeness (QED) is 0.586. The van der Waals surface area contributed by atoms with Crippen LogP contribution in [0.25, 0.3) is 0 Å². The van der Waals surface area contributed by atoms with E-state index in [-0.39, 0.29) is 5.56 Å². The summed E-state index contributed by atoms with van der Waals surface area (Å²) in [5.41, 5.74) is 2.55. The van der Waals surface area contributed by atoms with Gasteiger partial charge in [-0.3, -0.25) is 0 Å². The van der Waals surface area contributed by atoms with Crippen molar-refractivity contribution in [1.82, 2.24) is 0 Å². The summed E-state index contributed by atoms with van der Waals surface area (Å²) in [5.74, 6) is 0. The Bertz CT molecular complexity index is 597. The van der Waals surface area contributed by atoms with Crippen molar-refractivity contribution >= 4 is 6.21 Å². The fourth-order valence-corrected chi connectivity index (χ4v) is 1.74. The SMILES string of the molecule is Cc1cccc(CO/N=[C]\c2cccc(C(F)F)c2)c1. The van der Waals surface area contributed by atoms with Gasteiger partial charge in [0, 0.05) is 11.1 Å². The Labute approximate surface area is 116 Å². The molecule has 0 amide bonds. The maximum Gasteiger partial charge on any atom is 0.263 e. The van der Waals surface area contributed by atoms with Crippen LogP contribution in [0.2, 0.25) is 0 Å². The summed E-state index contributed by atoms with van der Waals surface area (Å²) in [6, 6.07) is 13.7. The Morgan fingerprint density at radius 1 is 1.15 bits per heavy atom. The summed E-state index contributed by atoms with van der Waals surface area (Å²) in [4.78, 5) is 5.11. The number of hydrogen-bond acceptors (Lipinski definition) is 2. The Morgan fingerprint density at radius 3 is 2.70 bits per heavy atom. The first-order valence-electron chi connectivity index (χ1n) is 6.17. The lowest BCUT2D eigenvalue weighted by Gasteiger charge is -2.01. The predicted molar refractivity (Wildman–Crippen MR) is 73.9 cm³/mol. The van der Waals surface area contributed by atoms with Gasteiger partial charge in [0.2, 0.25) is 0 Å². The molecule has 0 N–H and O–H groups in total. The Hall–Kier alpha value is -2.23. The molecule has 2 aromatic carbocycles. The second-order valence-corrected chi connectivity index (χ2v) is 4.39. The molecule has 0 unspecified atom stereocenters. The van der Waals surface area contributed by atoms with Crippen LogP contribution in [0.5, 0.6) is 0 Å². The van der Waals surface area contributed by atoms with E-state index in [1.54, 1.807) is 12.1 Å². The lowest BCUT2D eigenvalue weighted by Crippen LogP contribution is -1.90. The molecule has 0 aliphatic carbocycles. The molecule has 0 spiro atoms. The normalized spacial score (nSPS) is 11.2. The molecule has 0 fully saturated rings. The second kappa shape index (κ2) is 6.80. The van der Waals surface area contributed by atoms with Crippen molar-refractivity contribution in [2.45, 2.75) is 20.0 Å². The molecule has 1 radical (unpaired) electrons. The minimum absolute atomic E-state index is 0.0520. The van der Waals surface area contributed by atoms with Gasteiger partial charge in [-0.15, -0.1) is 0 Å². The number of hydrogen-bond donors (Lipinski definition) is 0. The fraction of sp³-hybridized carbons (Fsp3) is 0.188. The summed E-state index contributed by atoms with van der Waals surface area (Å²) in [7, 11) is 0. The van der Waals surface area contributed by atoms with Crippen molar-refractivity contribution in [3.8, 4) is 0 Å². The van der Waals surface area contributed by atoms with E-state index in [0.717, 1.165) is 11.1 Å². The van der Waals surface area contributed by atoms with Gasteiger partial charge in [0.1, 0.15) is 12.8 Å². The van der Waals surface area contributed by atoms with E-state index in [1.165, 1.54) is 12.1 Å². The molecular formula is C16H14F2NO. The molecule has 0 saturated carbocycles. The summed E-state index contributed by atoms with van der Waals surface area (Å²) < 4.78 is 25.0. The zero-order chi connectivity index (χ0) is 14.4. The van der Waals surface area contributed by atoms with E-state index in [4.69, 9.17) is 4.84 Å². The Morgan fingerprint density at radius 2 is 1.95 bits per heavy atom. The van der Waals surface area contributed by atoms with Crippen molar-refractivity contribution in [2.24, 2.45) is 5.16 Å². The number of alkyl halides is 2. The van der Waals surface area contributed by atoms with Crippen LogP contribution in [0.4, 0.5) is 8.78 Å². The van der Waals surface area contributed by atoms with Gasteiger partial charge in [-0.2, -0.15) is 0 Å². The van der Waals surface area contributed by atoms with E-state index in [1.807, 2.05) is 31.2 Å². The topological polar surface area (TPSA) is 21.6 Å². The smallest absolute Gasteiger partial charge is 0.263 e. The molecule has 0 saturated heterocycles. The zero-order valence-electron chi connectivity index (χ0n) is 11.0. The number of nitrogens with zero attached hydrogens (tertiary/aromatic N) is 1. The third-order valence-electron chi connectivity index (χ3n) is 2.69. The van der Waals surface area contributed by atoms with Crippen LogP contribution < -0.4 is 0 Å². The average molecular weight is 274 g/mol. The minimum atomic E-state index is -2.50. The van der Waals surface area contributed by atoms with E-state index >= 15 is 0 Å². The number of rotatable bonds is 5. The van der Waals surface area contributed by atoms with Gasteiger partial charge in [-0.25, -0.2) is 8.78 Å². The van der Waals surface area contributed by atoms with Gasteiger partial charge in [-0.1, -0.05) is 53.2 Å². The molecule has 0 aromatic heterocycles. The first-order valence-corrected chi connectivity index (χ1v) is 6.17. The van der Waals surface area contributed by atoms with Crippen LogP contribution in [-0.2, 0) is 11.4 Å². The maximum atomic E-state index is 12.5. The lowest BCUT2D eigenvalue weighted by molar-refractivity contribution is 0.132. The number of aryl methyl sites for hydroxylation is 1. The molecule has 0 aliphatic rings. The van der Waals surface area contributed by atoms with Gasteiger partial charge in [0.15, 0.2) is 0 Å². The van der Waals surface area contributed by atoms with E-state index < -0.39 is 6.43 Å². The van der Waals surface area contributed by atoms with Crippen LogP contribution >= 0.6 is 0 Å². The number of benzene rings is 2. The highest BCUT2D eigenvalue weighted by atomic mass is 19.3. The summed E-state index contributed by atoms with van der Waals surface area (Å²) in [5, 5.41) is 3.67. The molecule has 0 bridgehead atoms. The standard InChI is InChI=1S/C16H14F2NO/c1-12-4-2-6-14(8-12)11-20-19-10-13-5-3-7-15(9-13)16(17)18/h2-9,16H,11H2,1H3. The van der Waals surface area contributed by atoms with Crippen LogP contribution in [0, 0.1) is 6.92 Å². The average Bonchev–Trinajstić information content (AvgIpc) is 2.44. The van der Waals surface area contributed by atoms with Crippen LogP contribution in [-0.4, -0.2) is 6.21 Å². The highest BCUT2D eigenvalue weighted by Crippen LogP contribution is 2.18. The van der Waals surface area contributed by atoms with Crippen molar-refractivity contribution in [3.05, 3.63) is 70.8 Å². The fourth-order valence-electron chi connectivity index (χ4n) is 1.74. The van der Waals surface area contributed by atoms with E-state index in [2.05, 4.69) is 11.4 Å². The number of halogens is 2. The van der Waals surface area contributed by atoms with Gasteiger partial charge in [-0.05, 0) is 18.6 Å². The first kappa shape index (κ1) is 14.2. The van der Waals surface area contributed by atoms with Crippen molar-refractivity contribution in [2.75, 3.05) is 0 Å². The maximum absolute atomic E-state index is 12.5. The predicted octanol–water partition coefficient (Wildman–Crippen LogP) is 4.36. The molecule has 2 nitrogen and oxygen atoms in total. The Balaban J connectivity index is 1.92. The van der Waals surface area contributed by atoms with Gasteiger partial charge in [0.25, 0.3) is 6.43 Å². The van der Waals surface area contributed by atoms with Crippen LogP contribution in [0.1, 0.15) is 28.7 Å². The molecule has 4 heteroatoms. The molecular weight excluding hydrogens is 260 g/mol. The minimum Gasteiger partial charge on any atom is -0.390 e. The first-order chi connectivity index (χ1) is 9.65. The van der Waals surface area contributed by atoms with Gasteiger partial charge < -0.3 is 4.84 Å². The van der Waals surface area contributed by atoms with Crippen LogP contribution in [0.3, 0.4) is 0 Å². The van der Waals surface area contributed by atoms with Crippen molar-refractivity contribution in [3.63, 3.8) is 0 Å². The highest BCUT2D eigenvalue weighted by molar-refractivity contribution is 5.79. The summed E-state index contributed by atoms with van der Waals surface area (Å²) in [6.07, 6.45) is 0.0988. The molecule has 2 aromatic rings. The van der Waals surface area contributed by atoms with Gasteiger partial charge in [0.05, 0.1) is 0 Å².